The fraction of sp³-hybridized carbons (Fsp3) is 0.600. The summed E-state index contributed by atoms with van der Waals surface area (Å²) in [6.45, 7) is 3.00. The van der Waals surface area contributed by atoms with E-state index in [1.807, 2.05) is 0 Å². The predicted molar refractivity (Wildman–Crippen MR) is 69.8 cm³/mol. The third kappa shape index (κ3) is 3.50. The van der Waals surface area contributed by atoms with Gasteiger partial charge in [-0.2, -0.15) is 13.2 Å². The molecular formula is C15H20F3N. The largest absolute Gasteiger partial charge is 0.416 e. The van der Waals surface area contributed by atoms with Crippen molar-refractivity contribution in [1.82, 2.24) is 5.32 Å². The molecule has 1 unspecified atom stereocenters. The van der Waals surface area contributed by atoms with Crippen molar-refractivity contribution in [3.05, 3.63) is 35.4 Å². The van der Waals surface area contributed by atoms with Gasteiger partial charge in [0.25, 0.3) is 0 Å². The molecule has 0 aliphatic heterocycles. The van der Waals surface area contributed by atoms with Crippen molar-refractivity contribution in [3.63, 3.8) is 0 Å². The molecule has 1 aromatic carbocycles. The third-order valence-electron chi connectivity index (χ3n) is 3.83. The van der Waals surface area contributed by atoms with Crippen molar-refractivity contribution in [2.24, 2.45) is 5.92 Å². The lowest BCUT2D eigenvalue weighted by atomic mass is 9.77. The quantitative estimate of drug-likeness (QED) is 0.828. The smallest absolute Gasteiger partial charge is 0.310 e. The minimum Gasteiger partial charge on any atom is -0.310 e. The highest BCUT2D eigenvalue weighted by Crippen LogP contribution is 2.38. The van der Waals surface area contributed by atoms with Crippen LogP contribution in [0.2, 0.25) is 0 Å². The molecule has 1 saturated carbocycles. The molecule has 1 atom stereocenters. The van der Waals surface area contributed by atoms with Crippen molar-refractivity contribution in [2.45, 2.75) is 44.8 Å². The number of halogens is 3. The normalized spacial score (nSPS) is 18.1. The summed E-state index contributed by atoms with van der Waals surface area (Å²) in [5.41, 5.74) is 0.408. The van der Waals surface area contributed by atoms with Gasteiger partial charge in [-0.15, -0.1) is 0 Å². The molecule has 0 bridgehead atoms. The first-order chi connectivity index (χ1) is 9.02. The van der Waals surface area contributed by atoms with E-state index < -0.39 is 11.7 Å². The summed E-state index contributed by atoms with van der Waals surface area (Å²) >= 11 is 0. The fourth-order valence-electron chi connectivity index (χ4n) is 2.51. The Morgan fingerprint density at radius 3 is 2.26 bits per heavy atom. The Labute approximate surface area is 112 Å². The second-order valence-electron chi connectivity index (χ2n) is 5.24. The molecular weight excluding hydrogens is 251 g/mol. The standard InChI is InChI=1S/C15H20F3N/c1-2-10-19-14(11-4-3-5-11)12-6-8-13(9-7-12)15(16,17)18/h6-9,11,14,19H,2-5,10H2,1H3. The van der Waals surface area contributed by atoms with Crippen LogP contribution in [0.3, 0.4) is 0 Å². The van der Waals surface area contributed by atoms with E-state index >= 15 is 0 Å². The van der Waals surface area contributed by atoms with Crippen molar-refractivity contribution < 1.29 is 13.2 Å². The summed E-state index contributed by atoms with van der Waals surface area (Å²) in [4.78, 5) is 0. The van der Waals surface area contributed by atoms with Gasteiger partial charge in [0.15, 0.2) is 0 Å². The van der Waals surface area contributed by atoms with E-state index in [0.717, 1.165) is 18.5 Å². The van der Waals surface area contributed by atoms with Gasteiger partial charge in [0.05, 0.1) is 5.56 Å². The van der Waals surface area contributed by atoms with Crippen molar-refractivity contribution in [1.29, 1.82) is 0 Å². The van der Waals surface area contributed by atoms with Gasteiger partial charge in [0.2, 0.25) is 0 Å². The Bertz CT molecular complexity index is 393. The number of benzene rings is 1. The lowest BCUT2D eigenvalue weighted by molar-refractivity contribution is -0.137. The number of rotatable bonds is 5. The van der Waals surface area contributed by atoms with E-state index in [1.165, 1.54) is 31.4 Å². The zero-order chi connectivity index (χ0) is 13.9. The van der Waals surface area contributed by atoms with E-state index in [4.69, 9.17) is 0 Å². The summed E-state index contributed by atoms with van der Waals surface area (Å²) in [5.74, 6) is 0.572. The Morgan fingerprint density at radius 1 is 1.21 bits per heavy atom. The Morgan fingerprint density at radius 2 is 1.84 bits per heavy atom. The van der Waals surface area contributed by atoms with Crippen LogP contribution < -0.4 is 5.32 Å². The van der Waals surface area contributed by atoms with E-state index in [2.05, 4.69) is 12.2 Å². The highest BCUT2D eigenvalue weighted by atomic mass is 19.4. The van der Waals surface area contributed by atoms with E-state index in [9.17, 15) is 13.2 Å². The van der Waals surface area contributed by atoms with Crippen LogP contribution in [-0.2, 0) is 6.18 Å². The lowest BCUT2D eigenvalue weighted by Gasteiger charge is -2.35. The van der Waals surface area contributed by atoms with Gasteiger partial charge in [-0.3, -0.25) is 0 Å². The second-order valence-corrected chi connectivity index (χ2v) is 5.24. The molecule has 0 spiro atoms. The fourth-order valence-corrected chi connectivity index (χ4v) is 2.51. The van der Waals surface area contributed by atoms with Crippen LogP contribution in [0.15, 0.2) is 24.3 Å². The average Bonchev–Trinajstić information content (AvgIpc) is 2.31. The van der Waals surface area contributed by atoms with Crippen LogP contribution >= 0.6 is 0 Å². The maximum absolute atomic E-state index is 12.5. The average molecular weight is 271 g/mol. The molecule has 1 N–H and O–H groups in total. The Kier molecular flexibility index (Phi) is 4.50. The molecule has 1 fully saturated rings. The van der Waals surface area contributed by atoms with Crippen molar-refractivity contribution in [2.75, 3.05) is 6.54 Å². The SMILES string of the molecule is CCCNC(c1ccc(C(F)(F)F)cc1)C1CCC1. The zero-order valence-corrected chi connectivity index (χ0v) is 11.1. The van der Waals surface area contributed by atoms with Crippen LogP contribution in [0, 0.1) is 5.92 Å². The topological polar surface area (TPSA) is 12.0 Å². The Hall–Kier alpha value is -1.03. The summed E-state index contributed by atoms with van der Waals surface area (Å²) < 4.78 is 37.6. The molecule has 106 valence electrons. The highest BCUT2D eigenvalue weighted by molar-refractivity contribution is 5.27. The van der Waals surface area contributed by atoms with E-state index in [0.29, 0.717) is 5.92 Å². The predicted octanol–water partition coefficient (Wildman–Crippen LogP) is 4.55. The van der Waals surface area contributed by atoms with Gasteiger partial charge in [-0.1, -0.05) is 25.5 Å². The minimum absolute atomic E-state index is 0.205. The molecule has 0 saturated heterocycles. The van der Waals surface area contributed by atoms with Crippen LogP contribution in [0.4, 0.5) is 13.2 Å². The van der Waals surface area contributed by atoms with Crippen LogP contribution in [0.5, 0.6) is 0 Å². The highest BCUT2D eigenvalue weighted by Gasteiger charge is 2.32. The third-order valence-corrected chi connectivity index (χ3v) is 3.83. The van der Waals surface area contributed by atoms with Crippen molar-refractivity contribution in [3.8, 4) is 0 Å². The first-order valence-electron chi connectivity index (χ1n) is 6.93. The molecule has 0 aromatic heterocycles. The molecule has 1 aliphatic carbocycles. The minimum atomic E-state index is -4.25. The van der Waals surface area contributed by atoms with Crippen LogP contribution in [0.1, 0.15) is 49.8 Å². The number of hydrogen-bond acceptors (Lipinski definition) is 1. The van der Waals surface area contributed by atoms with E-state index in [1.54, 1.807) is 12.1 Å². The Balaban J connectivity index is 2.12. The summed E-state index contributed by atoms with van der Waals surface area (Å²) in [7, 11) is 0. The van der Waals surface area contributed by atoms with Crippen LogP contribution in [0.25, 0.3) is 0 Å². The molecule has 2 rings (SSSR count). The zero-order valence-electron chi connectivity index (χ0n) is 11.1. The van der Waals surface area contributed by atoms with Gasteiger partial charge in [0, 0.05) is 6.04 Å². The van der Waals surface area contributed by atoms with E-state index in [-0.39, 0.29) is 6.04 Å². The molecule has 4 heteroatoms. The van der Waals surface area contributed by atoms with Gasteiger partial charge in [-0.25, -0.2) is 0 Å². The maximum Gasteiger partial charge on any atom is 0.416 e. The second kappa shape index (κ2) is 5.95. The molecule has 0 amide bonds. The molecule has 1 nitrogen and oxygen atoms in total. The first-order valence-corrected chi connectivity index (χ1v) is 6.93. The molecule has 1 aliphatic rings. The number of alkyl halides is 3. The first kappa shape index (κ1) is 14.4. The molecule has 0 heterocycles. The molecule has 0 radical (unpaired) electrons. The van der Waals surface area contributed by atoms with Gasteiger partial charge < -0.3 is 5.32 Å². The summed E-state index contributed by atoms with van der Waals surface area (Å²) in [5, 5.41) is 3.46. The monoisotopic (exact) mass is 271 g/mol. The molecule has 1 aromatic rings. The van der Waals surface area contributed by atoms with Gasteiger partial charge >= 0.3 is 6.18 Å². The summed E-state index contributed by atoms with van der Waals surface area (Å²) in [6, 6.07) is 5.82. The summed E-state index contributed by atoms with van der Waals surface area (Å²) in [6.07, 6.45) is 0.353. The van der Waals surface area contributed by atoms with Crippen molar-refractivity contribution >= 4 is 0 Å². The van der Waals surface area contributed by atoms with Gasteiger partial charge in [-0.05, 0) is 49.4 Å². The maximum atomic E-state index is 12.5. The lowest BCUT2D eigenvalue weighted by Crippen LogP contribution is -2.32. The number of nitrogens with one attached hydrogen (secondary N) is 1. The van der Waals surface area contributed by atoms with Gasteiger partial charge in [0.1, 0.15) is 0 Å². The van der Waals surface area contributed by atoms with Crippen LogP contribution in [-0.4, -0.2) is 6.54 Å². The number of hydrogen-bond donors (Lipinski definition) is 1. The molecule has 19 heavy (non-hydrogen) atoms.